The quantitative estimate of drug-likeness (QED) is 0.546. The molecular weight excluding hydrogens is 530 g/mol. The maximum atomic E-state index is 10.6. The largest absolute Gasteiger partial charge is 0.490 e. The zero-order valence-electron chi connectivity index (χ0n) is 20.1. The van der Waals surface area contributed by atoms with Gasteiger partial charge in [-0.15, -0.1) is 0 Å². The molecule has 2 fully saturated rings. The van der Waals surface area contributed by atoms with E-state index in [1.807, 2.05) is 30.1 Å². The van der Waals surface area contributed by atoms with Crippen molar-refractivity contribution in [3.8, 4) is 5.75 Å². The second kappa shape index (κ2) is 12.9. The second-order valence-corrected chi connectivity index (χ2v) is 8.57. The van der Waals surface area contributed by atoms with Crippen LogP contribution in [-0.4, -0.2) is 85.6 Å². The molecular formula is C22H26F6N4O6. The molecule has 0 aliphatic carbocycles. The lowest BCUT2D eigenvalue weighted by atomic mass is 9.89. The van der Waals surface area contributed by atoms with E-state index in [1.54, 1.807) is 12.4 Å². The van der Waals surface area contributed by atoms with Crippen LogP contribution >= 0.6 is 0 Å². The number of piperidine rings is 1. The number of likely N-dealkylation sites (tertiary alicyclic amines) is 1. The van der Waals surface area contributed by atoms with E-state index in [2.05, 4.69) is 21.2 Å². The fourth-order valence-corrected chi connectivity index (χ4v) is 3.91. The normalized spacial score (nSPS) is 21.6. The van der Waals surface area contributed by atoms with Crippen LogP contribution in [0.25, 0.3) is 0 Å². The lowest BCUT2D eigenvalue weighted by Crippen LogP contribution is -2.47. The third-order valence-electron chi connectivity index (χ3n) is 5.38. The number of nitrogens with zero attached hydrogens (tertiary/aromatic N) is 4. The van der Waals surface area contributed by atoms with Gasteiger partial charge < -0.3 is 19.7 Å². The highest BCUT2D eigenvalue weighted by atomic mass is 19.4. The Bertz CT molecular complexity index is 1020. The van der Waals surface area contributed by atoms with Gasteiger partial charge in [-0.1, -0.05) is 0 Å². The molecule has 38 heavy (non-hydrogen) atoms. The first-order valence-electron chi connectivity index (χ1n) is 11.1. The van der Waals surface area contributed by atoms with E-state index >= 15 is 0 Å². The molecule has 2 atom stereocenters. The third kappa shape index (κ3) is 10.2. The molecule has 0 amide bonds. The first-order chi connectivity index (χ1) is 17.6. The molecule has 0 saturated carbocycles. The second-order valence-electron chi connectivity index (χ2n) is 8.57. The Morgan fingerprint density at radius 3 is 2.29 bits per heavy atom. The smallest absolute Gasteiger partial charge is 0.486 e. The van der Waals surface area contributed by atoms with Gasteiger partial charge in [0.2, 0.25) is 0 Å². The monoisotopic (exact) mass is 556 g/mol. The van der Waals surface area contributed by atoms with E-state index in [0.29, 0.717) is 6.61 Å². The van der Waals surface area contributed by atoms with Crippen molar-refractivity contribution < 1.29 is 55.6 Å². The molecule has 1 spiro atoms. The maximum absolute atomic E-state index is 10.6. The molecule has 2 aliphatic rings. The number of aryl methyl sites for hydroxylation is 1. The Labute approximate surface area is 212 Å². The number of ether oxygens (including phenoxy) is 2. The van der Waals surface area contributed by atoms with Gasteiger partial charge in [0.1, 0.15) is 11.9 Å². The number of pyridine rings is 1. The van der Waals surface area contributed by atoms with E-state index in [9.17, 15) is 26.3 Å². The summed E-state index contributed by atoms with van der Waals surface area (Å²) >= 11 is 0. The molecule has 4 rings (SSSR count). The predicted molar refractivity (Wildman–Crippen MR) is 117 cm³/mol. The molecule has 2 aromatic rings. The maximum Gasteiger partial charge on any atom is 0.490 e. The fourth-order valence-electron chi connectivity index (χ4n) is 3.91. The first-order valence-corrected chi connectivity index (χ1v) is 11.1. The van der Waals surface area contributed by atoms with Crippen molar-refractivity contribution in [1.82, 2.24) is 19.7 Å². The van der Waals surface area contributed by atoms with Gasteiger partial charge in [-0.25, -0.2) is 9.59 Å². The molecule has 0 radical (unpaired) electrons. The molecule has 212 valence electrons. The highest BCUT2D eigenvalue weighted by Crippen LogP contribution is 2.36. The highest BCUT2D eigenvalue weighted by molar-refractivity contribution is 5.73. The van der Waals surface area contributed by atoms with Crippen LogP contribution in [0.3, 0.4) is 0 Å². The number of aromatic nitrogens is 3. The van der Waals surface area contributed by atoms with Gasteiger partial charge in [-0.2, -0.15) is 31.4 Å². The van der Waals surface area contributed by atoms with Crippen molar-refractivity contribution in [3.63, 3.8) is 0 Å². The Morgan fingerprint density at radius 1 is 1.16 bits per heavy atom. The number of halogens is 6. The average molecular weight is 556 g/mol. The van der Waals surface area contributed by atoms with Crippen molar-refractivity contribution in [1.29, 1.82) is 0 Å². The number of hydrogen-bond acceptors (Lipinski definition) is 7. The molecule has 0 aromatic carbocycles. The summed E-state index contributed by atoms with van der Waals surface area (Å²) in [5.74, 6) is -4.69. The van der Waals surface area contributed by atoms with Gasteiger partial charge in [0.25, 0.3) is 0 Å². The zero-order valence-corrected chi connectivity index (χ0v) is 20.1. The number of hydrogen-bond donors (Lipinski definition) is 2. The number of aliphatic carboxylic acids is 2. The molecule has 4 heterocycles. The summed E-state index contributed by atoms with van der Waals surface area (Å²) in [7, 11) is 1.96. The molecule has 10 nitrogen and oxygen atoms in total. The van der Waals surface area contributed by atoms with Crippen LogP contribution in [0, 0.1) is 0 Å². The average Bonchev–Trinajstić information content (AvgIpc) is 3.39. The number of alkyl halides is 6. The summed E-state index contributed by atoms with van der Waals surface area (Å²) in [6.07, 6.45) is 0.746. The van der Waals surface area contributed by atoms with E-state index in [-0.39, 0.29) is 11.7 Å². The van der Waals surface area contributed by atoms with Crippen LogP contribution < -0.4 is 4.74 Å². The van der Waals surface area contributed by atoms with Crippen LogP contribution in [0.2, 0.25) is 0 Å². The minimum Gasteiger partial charge on any atom is -0.486 e. The highest BCUT2D eigenvalue weighted by Gasteiger charge is 2.44. The first kappa shape index (κ1) is 30.8. The van der Waals surface area contributed by atoms with Crippen LogP contribution in [0.1, 0.15) is 24.8 Å². The number of carboxylic acids is 2. The standard InChI is InChI=1S/C18H24N4O2.2C2HF3O2/c1-21-11-15(9-20-21)12-22-7-3-5-18(14-22)8-17(13-23-18)24-16-4-2-6-19-10-16;2*3-2(4,5)1(6)7/h2,4,6,9-11,17H,3,5,7-8,12-14H2,1H3;2*(H,6,7). The van der Waals surface area contributed by atoms with Gasteiger partial charge in [0.05, 0.1) is 24.6 Å². The molecule has 2 aliphatic heterocycles. The van der Waals surface area contributed by atoms with Crippen molar-refractivity contribution in [2.75, 3.05) is 19.7 Å². The topological polar surface area (TPSA) is 127 Å². The minimum atomic E-state index is -5.08. The summed E-state index contributed by atoms with van der Waals surface area (Å²) in [6, 6.07) is 3.85. The van der Waals surface area contributed by atoms with Crippen molar-refractivity contribution in [2.24, 2.45) is 7.05 Å². The van der Waals surface area contributed by atoms with Crippen molar-refractivity contribution in [3.05, 3.63) is 42.5 Å². The Hall–Kier alpha value is -3.40. The third-order valence-corrected chi connectivity index (χ3v) is 5.38. The van der Waals surface area contributed by atoms with Crippen molar-refractivity contribution in [2.45, 2.75) is 49.9 Å². The zero-order chi connectivity index (χ0) is 28.6. The number of carboxylic acid groups (broad SMARTS) is 2. The molecule has 2 N–H and O–H groups in total. The fraction of sp³-hybridized carbons (Fsp3) is 0.545. The minimum absolute atomic E-state index is 0.0622. The molecule has 2 saturated heterocycles. The summed E-state index contributed by atoms with van der Waals surface area (Å²) in [4.78, 5) is 24.4. The Balaban J connectivity index is 0.000000301. The summed E-state index contributed by atoms with van der Waals surface area (Å²) in [5, 5.41) is 18.5. The van der Waals surface area contributed by atoms with Crippen molar-refractivity contribution >= 4 is 11.9 Å². The van der Waals surface area contributed by atoms with Gasteiger partial charge >= 0.3 is 24.3 Å². The van der Waals surface area contributed by atoms with Crippen LogP contribution in [0.15, 0.2) is 36.9 Å². The van der Waals surface area contributed by atoms with Crippen LogP contribution in [0.4, 0.5) is 26.3 Å². The molecule has 2 aromatic heterocycles. The lowest BCUT2D eigenvalue weighted by Gasteiger charge is -2.39. The van der Waals surface area contributed by atoms with E-state index in [4.69, 9.17) is 29.3 Å². The van der Waals surface area contributed by atoms with Gasteiger partial charge in [-0.3, -0.25) is 14.6 Å². The summed E-state index contributed by atoms with van der Waals surface area (Å²) in [6.45, 7) is 3.69. The predicted octanol–water partition coefficient (Wildman–Crippen LogP) is 3.28. The molecule has 2 unspecified atom stereocenters. The van der Waals surface area contributed by atoms with E-state index < -0.39 is 24.3 Å². The number of rotatable bonds is 4. The SMILES string of the molecule is Cn1cc(CN2CCCC3(CC(Oc4cccnc4)CO3)C2)cn1.O=C(O)C(F)(F)F.O=C(O)C(F)(F)F. The van der Waals surface area contributed by atoms with Crippen LogP contribution in [0.5, 0.6) is 5.75 Å². The van der Waals surface area contributed by atoms with Gasteiger partial charge in [0, 0.05) is 44.5 Å². The number of carbonyl (C=O) groups is 2. The lowest BCUT2D eigenvalue weighted by molar-refractivity contribution is -0.193. The Kier molecular flexibility index (Phi) is 10.5. The molecule has 0 bridgehead atoms. The molecule has 16 heteroatoms. The van der Waals surface area contributed by atoms with E-state index in [1.165, 1.54) is 12.0 Å². The van der Waals surface area contributed by atoms with E-state index in [0.717, 1.165) is 38.2 Å². The van der Waals surface area contributed by atoms with Gasteiger partial charge in [0.15, 0.2) is 0 Å². The summed E-state index contributed by atoms with van der Waals surface area (Å²) in [5.41, 5.74) is 1.20. The Morgan fingerprint density at radius 2 is 1.79 bits per heavy atom. The van der Waals surface area contributed by atoms with Gasteiger partial charge in [-0.05, 0) is 31.5 Å². The summed E-state index contributed by atoms with van der Waals surface area (Å²) < 4.78 is 77.6. The van der Waals surface area contributed by atoms with Crippen LogP contribution in [-0.2, 0) is 27.9 Å².